The number of rotatable bonds is 4. The summed E-state index contributed by atoms with van der Waals surface area (Å²) in [5.41, 5.74) is 0. The molecule has 0 heterocycles. The van der Waals surface area contributed by atoms with Crippen molar-refractivity contribution in [3.63, 3.8) is 0 Å². The van der Waals surface area contributed by atoms with Crippen LogP contribution >= 0.6 is 0 Å². The van der Waals surface area contributed by atoms with Crippen molar-refractivity contribution in [1.29, 1.82) is 0 Å². The number of hydrogen-bond acceptors (Lipinski definition) is 4. The van der Waals surface area contributed by atoms with Crippen LogP contribution in [-0.2, 0) is 20.2 Å². The van der Waals surface area contributed by atoms with E-state index in [2.05, 4.69) is 0 Å². The normalized spacial score (nSPS) is 11.2. The average Bonchev–Trinajstić information content (AvgIpc) is 1.55. The second-order valence-corrected chi connectivity index (χ2v) is 5.07. The predicted octanol–water partition coefficient (Wildman–Crippen LogP) is -2.14. The minimum atomic E-state index is -4.12. The van der Waals surface area contributed by atoms with Crippen LogP contribution in [0.1, 0.15) is 6.42 Å². The summed E-state index contributed by atoms with van der Waals surface area (Å²) >= 11 is 0. The first kappa shape index (κ1) is 21.4. The van der Waals surface area contributed by atoms with Crippen molar-refractivity contribution in [2.24, 2.45) is 0 Å². The van der Waals surface area contributed by atoms with Gasteiger partial charge in [0.15, 0.2) is 0 Å². The molecule has 0 saturated heterocycles. The van der Waals surface area contributed by atoms with Crippen LogP contribution < -0.4 is 0 Å². The summed E-state index contributed by atoms with van der Waals surface area (Å²) in [7, 11) is -8.24. The Morgan fingerprint density at radius 1 is 0.769 bits per heavy atom. The maximum absolute atomic E-state index is 10.00. The Hall–Kier alpha value is 3.09. The van der Waals surface area contributed by atoms with Gasteiger partial charge in [-0.3, -0.25) is 9.11 Å². The molecular formula is C3H10K2O6S2. The van der Waals surface area contributed by atoms with E-state index in [9.17, 15) is 16.8 Å². The van der Waals surface area contributed by atoms with Gasteiger partial charge in [-0.2, -0.15) is 16.8 Å². The first-order valence-corrected chi connectivity index (χ1v) is 5.83. The van der Waals surface area contributed by atoms with Crippen LogP contribution in [0.5, 0.6) is 0 Å². The molecule has 0 aromatic carbocycles. The molecule has 0 aliphatic rings. The van der Waals surface area contributed by atoms with Crippen LogP contribution in [0.25, 0.3) is 0 Å². The van der Waals surface area contributed by atoms with Crippen molar-refractivity contribution in [2.45, 2.75) is 6.42 Å². The molecule has 2 N–H and O–H groups in total. The molecule has 0 amide bonds. The van der Waals surface area contributed by atoms with E-state index in [4.69, 9.17) is 9.11 Å². The zero-order valence-corrected chi connectivity index (χ0v) is 7.10. The summed E-state index contributed by atoms with van der Waals surface area (Å²) in [6, 6.07) is 0. The van der Waals surface area contributed by atoms with E-state index in [-0.39, 0.29) is 109 Å². The molecule has 13 heavy (non-hydrogen) atoms. The van der Waals surface area contributed by atoms with Gasteiger partial charge in [-0.05, 0) is 6.42 Å². The van der Waals surface area contributed by atoms with Gasteiger partial charge in [-0.25, -0.2) is 0 Å². The van der Waals surface area contributed by atoms with Crippen molar-refractivity contribution >= 4 is 123 Å². The zero-order chi connectivity index (χ0) is 9.12. The molecule has 0 aromatic rings. The third kappa shape index (κ3) is 21.0. The Balaban J connectivity index is -0.000000500. The minimum absolute atomic E-state index is 0. The molecule has 0 rings (SSSR count). The first-order chi connectivity index (χ1) is 4.71. The van der Waals surface area contributed by atoms with Gasteiger partial charge < -0.3 is 0 Å². The molecule has 0 saturated carbocycles. The SMILES string of the molecule is O=S(=O)(O)CCCS(=O)(=O)O.[KH].[KH]. The van der Waals surface area contributed by atoms with Crippen molar-refractivity contribution in [3.8, 4) is 0 Å². The summed E-state index contributed by atoms with van der Waals surface area (Å²) in [5, 5.41) is 0. The topological polar surface area (TPSA) is 109 Å². The van der Waals surface area contributed by atoms with Gasteiger partial charge in [-0.15, -0.1) is 0 Å². The van der Waals surface area contributed by atoms with Gasteiger partial charge in [0.2, 0.25) is 0 Å². The molecule has 0 atom stereocenters. The summed E-state index contributed by atoms with van der Waals surface area (Å²) in [4.78, 5) is 0. The molecule has 10 heteroatoms. The fraction of sp³-hybridized carbons (Fsp3) is 1.00. The van der Waals surface area contributed by atoms with E-state index in [1.807, 2.05) is 0 Å². The summed E-state index contributed by atoms with van der Waals surface area (Å²) in [6.45, 7) is 0. The van der Waals surface area contributed by atoms with Crippen LogP contribution in [-0.4, -0.2) is 140 Å². The first-order valence-electron chi connectivity index (χ1n) is 2.61. The van der Waals surface area contributed by atoms with Crippen molar-refractivity contribution in [2.75, 3.05) is 11.5 Å². The Morgan fingerprint density at radius 3 is 1.15 bits per heavy atom. The predicted molar refractivity (Wildman–Crippen MR) is 51.7 cm³/mol. The average molecular weight is 284 g/mol. The Labute approximate surface area is 163 Å². The van der Waals surface area contributed by atoms with Gasteiger partial charge in [-0.1, -0.05) is 0 Å². The second kappa shape index (κ2) is 9.16. The van der Waals surface area contributed by atoms with E-state index in [1.165, 1.54) is 0 Å². The monoisotopic (exact) mass is 284 g/mol. The Morgan fingerprint density at radius 2 is 1.00 bits per heavy atom. The fourth-order valence-corrected chi connectivity index (χ4v) is 1.62. The van der Waals surface area contributed by atoms with Gasteiger partial charge in [0, 0.05) is 0 Å². The molecule has 0 radical (unpaired) electrons. The van der Waals surface area contributed by atoms with Crippen LogP contribution in [0, 0.1) is 0 Å². The second-order valence-electron chi connectivity index (χ2n) is 1.93. The van der Waals surface area contributed by atoms with E-state index < -0.39 is 31.7 Å². The van der Waals surface area contributed by atoms with Crippen LogP contribution in [0.4, 0.5) is 0 Å². The van der Waals surface area contributed by atoms with Crippen LogP contribution in [0.2, 0.25) is 0 Å². The van der Waals surface area contributed by atoms with Crippen LogP contribution in [0.15, 0.2) is 0 Å². The van der Waals surface area contributed by atoms with E-state index in [1.54, 1.807) is 0 Å². The third-order valence-corrected chi connectivity index (χ3v) is 2.41. The molecule has 6 nitrogen and oxygen atoms in total. The zero-order valence-electron chi connectivity index (χ0n) is 5.47. The van der Waals surface area contributed by atoms with Crippen LogP contribution in [0.3, 0.4) is 0 Å². The van der Waals surface area contributed by atoms with Gasteiger partial charge in [0.25, 0.3) is 20.2 Å². The molecule has 0 spiro atoms. The third-order valence-electron chi connectivity index (χ3n) is 0.805. The molecule has 72 valence electrons. The van der Waals surface area contributed by atoms with E-state index in [0.717, 1.165) is 0 Å². The quantitative estimate of drug-likeness (QED) is 0.450. The number of hydrogen-bond donors (Lipinski definition) is 2. The summed E-state index contributed by atoms with van der Waals surface area (Å²) in [5.74, 6) is -1.32. The summed E-state index contributed by atoms with van der Waals surface area (Å²) in [6.07, 6.45) is -0.308. The Kier molecular flexibility index (Phi) is 15.1. The molecular weight excluding hydrogens is 274 g/mol. The molecule has 0 aliphatic heterocycles. The van der Waals surface area contributed by atoms with Gasteiger partial charge in [0.1, 0.15) is 0 Å². The molecule has 0 unspecified atom stereocenters. The van der Waals surface area contributed by atoms with Gasteiger partial charge >= 0.3 is 103 Å². The summed E-state index contributed by atoms with van der Waals surface area (Å²) < 4.78 is 56.2. The maximum atomic E-state index is 10.00. The van der Waals surface area contributed by atoms with Crippen molar-refractivity contribution in [1.82, 2.24) is 0 Å². The molecule has 0 aromatic heterocycles. The molecule has 0 aliphatic carbocycles. The van der Waals surface area contributed by atoms with Crippen molar-refractivity contribution in [3.05, 3.63) is 0 Å². The molecule has 0 fully saturated rings. The Bertz CT molecular complexity index is 273. The van der Waals surface area contributed by atoms with Crippen molar-refractivity contribution < 1.29 is 25.9 Å². The fourth-order valence-electron chi connectivity index (χ4n) is 0.424. The van der Waals surface area contributed by atoms with Gasteiger partial charge in [0.05, 0.1) is 11.5 Å². The van der Waals surface area contributed by atoms with E-state index >= 15 is 0 Å². The molecule has 0 bridgehead atoms. The standard InChI is InChI=1S/C3H8O6S2.2K.2H/c4-10(5,6)2-1-3-11(7,8)9;;;;/h1-3H2,(H,4,5,6)(H,7,8,9);;;;. The van der Waals surface area contributed by atoms with E-state index in [0.29, 0.717) is 0 Å².